The van der Waals surface area contributed by atoms with E-state index in [2.05, 4.69) is 17.4 Å². The second kappa shape index (κ2) is 7.34. The zero-order chi connectivity index (χ0) is 17.8. The number of rotatable bonds is 5. The zero-order valence-corrected chi connectivity index (χ0v) is 14.5. The highest BCUT2D eigenvalue weighted by Gasteiger charge is 2.16. The number of fused-ring (bicyclic) bond motifs is 1. The van der Waals surface area contributed by atoms with Crippen LogP contribution in [-0.4, -0.2) is 16.5 Å². The van der Waals surface area contributed by atoms with Crippen molar-refractivity contribution in [2.24, 2.45) is 7.05 Å². The summed E-state index contributed by atoms with van der Waals surface area (Å²) in [6.07, 6.45) is 3.32. The van der Waals surface area contributed by atoms with E-state index >= 15 is 0 Å². The summed E-state index contributed by atoms with van der Waals surface area (Å²) in [4.78, 5) is 25.2. The van der Waals surface area contributed by atoms with E-state index < -0.39 is 0 Å². The Kier molecular flexibility index (Phi) is 4.98. The molecule has 1 heterocycles. The number of nitrogens with one attached hydrogen (secondary N) is 1. The number of hydrogen-bond donors (Lipinski definition) is 1. The number of para-hydroxylation sites is 1. The van der Waals surface area contributed by atoms with Crippen LogP contribution in [0.4, 0.5) is 0 Å². The largest absolute Gasteiger partial charge is 0.350 e. The molecule has 1 aromatic heterocycles. The van der Waals surface area contributed by atoms with Crippen molar-refractivity contribution in [2.75, 3.05) is 0 Å². The molecule has 0 bridgehead atoms. The molecule has 3 rings (SSSR count). The van der Waals surface area contributed by atoms with Crippen LogP contribution in [0.2, 0.25) is 0 Å². The van der Waals surface area contributed by atoms with Gasteiger partial charge in [0, 0.05) is 24.7 Å². The van der Waals surface area contributed by atoms with E-state index in [1.807, 2.05) is 54.9 Å². The summed E-state index contributed by atoms with van der Waals surface area (Å²) in [5.74, 6) is -0.313. The number of benzene rings is 2. The maximum Gasteiger partial charge on any atom is 0.256 e. The van der Waals surface area contributed by atoms with Gasteiger partial charge in [0.2, 0.25) is 5.43 Å². The number of carbonyl (C=O) groups excluding carboxylic acids is 1. The molecule has 3 aromatic rings. The van der Waals surface area contributed by atoms with E-state index in [0.29, 0.717) is 5.39 Å². The van der Waals surface area contributed by atoms with Crippen molar-refractivity contribution >= 4 is 16.8 Å². The van der Waals surface area contributed by atoms with Crippen LogP contribution in [0.25, 0.3) is 10.9 Å². The average molecular weight is 334 g/mol. The Hall–Kier alpha value is -2.88. The summed E-state index contributed by atoms with van der Waals surface area (Å²) in [6, 6.07) is 17.5. The highest BCUT2D eigenvalue weighted by atomic mass is 16.2. The highest BCUT2D eigenvalue weighted by molar-refractivity contribution is 5.97. The number of amides is 1. The second-order valence-electron chi connectivity index (χ2n) is 6.40. The molecule has 0 aliphatic rings. The first-order chi connectivity index (χ1) is 12.1. The second-order valence-corrected chi connectivity index (χ2v) is 6.40. The van der Waals surface area contributed by atoms with E-state index in [-0.39, 0.29) is 22.9 Å². The molecule has 0 aliphatic heterocycles. The van der Waals surface area contributed by atoms with Crippen LogP contribution in [0.3, 0.4) is 0 Å². The molecule has 0 fully saturated rings. The summed E-state index contributed by atoms with van der Waals surface area (Å²) in [5, 5.41) is 3.51. The topological polar surface area (TPSA) is 51.1 Å². The maximum absolute atomic E-state index is 12.6. The molecular weight excluding hydrogens is 312 g/mol. The molecule has 0 unspecified atom stereocenters. The van der Waals surface area contributed by atoms with Gasteiger partial charge in [-0.3, -0.25) is 9.59 Å². The van der Waals surface area contributed by atoms with Gasteiger partial charge in [-0.1, -0.05) is 42.5 Å². The lowest BCUT2D eigenvalue weighted by Gasteiger charge is -2.15. The SMILES string of the molecule is C[C@H](CCc1ccccc1)NC(=O)c1cn(C)c2ccccc2c1=O. The van der Waals surface area contributed by atoms with Crippen LogP contribution >= 0.6 is 0 Å². The van der Waals surface area contributed by atoms with Crippen LogP contribution in [0, 0.1) is 0 Å². The molecule has 25 heavy (non-hydrogen) atoms. The van der Waals surface area contributed by atoms with Gasteiger partial charge >= 0.3 is 0 Å². The molecule has 4 heteroatoms. The molecule has 0 saturated heterocycles. The summed E-state index contributed by atoms with van der Waals surface area (Å²) in [6.45, 7) is 1.96. The Morgan fingerprint density at radius 2 is 1.76 bits per heavy atom. The molecule has 4 nitrogen and oxygen atoms in total. The molecule has 0 radical (unpaired) electrons. The smallest absolute Gasteiger partial charge is 0.256 e. The summed E-state index contributed by atoms with van der Waals surface area (Å²) >= 11 is 0. The van der Waals surface area contributed by atoms with Crippen molar-refractivity contribution in [3.8, 4) is 0 Å². The third-order valence-electron chi connectivity index (χ3n) is 4.43. The zero-order valence-electron chi connectivity index (χ0n) is 14.5. The van der Waals surface area contributed by atoms with Gasteiger partial charge in [0.05, 0.1) is 5.52 Å². The predicted molar refractivity (Wildman–Crippen MR) is 101 cm³/mol. The first kappa shape index (κ1) is 17.0. The third-order valence-corrected chi connectivity index (χ3v) is 4.43. The van der Waals surface area contributed by atoms with Crippen LogP contribution in [0.15, 0.2) is 65.6 Å². The molecule has 2 aromatic carbocycles. The Morgan fingerprint density at radius 1 is 1.08 bits per heavy atom. The maximum atomic E-state index is 12.6. The molecule has 1 atom stereocenters. The Morgan fingerprint density at radius 3 is 2.52 bits per heavy atom. The summed E-state index contributed by atoms with van der Waals surface area (Å²) < 4.78 is 1.82. The lowest BCUT2D eigenvalue weighted by Crippen LogP contribution is -2.36. The van der Waals surface area contributed by atoms with Crippen LogP contribution in [0.5, 0.6) is 0 Å². The number of aromatic nitrogens is 1. The van der Waals surface area contributed by atoms with Gasteiger partial charge < -0.3 is 9.88 Å². The van der Waals surface area contributed by atoms with Gasteiger partial charge in [-0.15, -0.1) is 0 Å². The summed E-state index contributed by atoms with van der Waals surface area (Å²) in [5.41, 5.74) is 2.03. The fourth-order valence-electron chi connectivity index (χ4n) is 3.00. The third kappa shape index (κ3) is 3.79. The fraction of sp³-hybridized carbons (Fsp3) is 0.238. The van der Waals surface area contributed by atoms with Gasteiger partial charge in [-0.05, 0) is 37.5 Å². The Balaban J connectivity index is 1.74. The van der Waals surface area contributed by atoms with Crippen molar-refractivity contribution in [3.05, 3.63) is 82.1 Å². The molecule has 128 valence electrons. The predicted octanol–water partition coefficient (Wildman–Crippen LogP) is 3.29. The minimum Gasteiger partial charge on any atom is -0.350 e. The van der Waals surface area contributed by atoms with Gasteiger partial charge in [-0.25, -0.2) is 0 Å². The van der Waals surface area contributed by atoms with Crippen LogP contribution in [0.1, 0.15) is 29.3 Å². The van der Waals surface area contributed by atoms with Gasteiger partial charge in [0.25, 0.3) is 5.91 Å². The minimum atomic E-state index is -0.313. The fourth-order valence-corrected chi connectivity index (χ4v) is 3.00. The Bertz CT molecular complexity index is 945. The Labute approximate surface area is 147 Å². The van der Waals surface area contributed by atoms with Crippen molar-refractivity contribution in [1.29, 1.82) is 0 Å². The summed E-state index contributed by atoms with van der Waals surface area (Å²) in [7, 11) is 1.84. The molecule has 0 spiro atoms. The minimum absolute atomic E-state index is 0.0103. The van der Waals surface area contributed by atoms with Crippen LogP contribution in [-0.2, 0) is 13.5 Å². The number of aryl methyl sites for hydroxylation is 2. The number of nitrogens with zero attached hydrogens (tertiary/aromatic N) is 1. The lowest BCUT2D eigenvalue weighted by molar-refractivity contribution is 0.0937. The first-order valence-electron chi connectivity index (χ1n) is 8.49. The number of carbonyl (C=O) groups is 1. The van der Waals surface area contributed by atoms with Gasteiger partial charge in [-0.2, -0.15) is 0 Å². The highest BCUT2D eigenvalue weighted by Crippen LogP contribution is 2.11. The van der Waals surface area contributed by atoms with Crippen molar-refractivity contribution in [3.63, 3.8) is 0 Å². The normalized spacial score (nSPS) is 12.1. The molecule has 1 amide bonds. The molecule has 0 saturated carbocycles. The quantitative estimate of drug-likeness (QED) is 0.778. The van der Waals surface area contributed by atoms with Crippen LogP contribution < -0.4 is 10.7 Å². The van der Waals surface area contributed by atoms with E-state index in [9.17, 15) is 9.59 Å². The van der Waals surface area contributed by atoms with E-state index in [4.69, 9.17) is 0 Å². The van der Waals surface area contributed by atoms with Gasteiger partial charge in [0.1, 0.15) is 5.56 Å². The molecule has 0 aliphatic carbocycles. The number of hydrogen-bond acceptors (Lipinski definition) is 2. The van der Waals surface area contributed by atoms with Crippen molar-refractivity contribution in [2.45, 2.75) is 25.8 Å². The van der Waals surface area contributed by atoms with E-state index in [1.165, 1.54) is 5.56 Å². The van der Waals surface area contributed by atoms with Crippen molar-refractivity contribution in [1.82, 2.24) is 9.88 Å². The van der Waals surface area contributed by atoms with E-state index in [1.54, 1.807) is 12.3 Å². The standard InChI is InChI=1S/C21H22N2O2/c1-15(12-13-16-8-4-3-5-9-16)22-21(25)18-14-23(2)19-11-7-6-10-17(19)20(18)24/h3-11,14-15H,12-13H2,1-2H3,(H,22,25)/t15-/m1/s1. The van der Waals surface area contributed by atoms with Gasteiger partial charge in [0.15, 0.2) is 0 Å². The average Bonchev–Trinajstić information content (AvgIpc) is 2.64. The molecule has 1 N–H and O–H groups in total. The molecular formula is C21H22N2O2. The van der Waals surface area contributed by atoms with E-state index in [0.717, 1.165) is 18.4 Å². The monoisotopic (exact) mass is 334 g/mol. The number of pyridine rings is 1. The lowest BCUT2D eigenvalue weighted by atomic mass is 10.1. The van der Waals surface area contributed by atoms with Crippen molar-refractivity contribution < 1.29 is 4.79 Å². The first-order valence-corrected chi connectivity index (χ1v) is 8.49.